The molecule has 2 aromatic heterocycles. The first-order valence-electron chi connectivity index (χ1n) is 6.11. The van der Waals surface area contributed by atoms with Crippen molar-refractivity contribution in [2.45, 2.75) is 19.9 Å². The second kappa shape index (κ2) is 4.97. The Labute approximate surface area is 116 Å². The first-order valence-corrected chi connectivity index (χ1v) is 6.49. The summed E-state index contributed by atoms with van der Waals surface area (Å²) in [6, 6.07) is 7.89. The highest BCUT2D eigenvalue weighted by Crippen LogP contribution is 2.17. The van der Waals surface area contributed by atoms with Crippen LogP contribution in [0.3, 0.4) is 0 Å². The number of halogens is 1. The molecule has 0 bridgehead atoms. The fourth-order valence-corrected chi connectivity index (χ4v) is 2.33. The van der Waals surface area contributed by atoms with E-state index in [1.807, 2.05) is 42.1 Å². The summed E-state index contributed by atoms with van der Waals surface area (Å²) < 4.78 is 2.04. The third kappa shape index (κ3) is 2.31. The molecule has 5 heteroatoms. The Morgan fingerprint density at radius 3 is 2.84 bits per heavy atom. The molecule has 0 saturated heterocycles. The molecular weight excluding hydrogens is 260 g/mol. The fraction of sp³-hybridized carbons (Fsp3) is 0.214. The van der Waals surface area contributed by atoms with Gasteiger partial charge in [0.1, 0.15) is 11.8 Å². The zero-order chi connectivity index (χ0) is 13.2. The lowest BCUT2D eigenvalue weighted by Gasteiger charge is -2.05. The van der Waals surface area contributed by atoms with Gasteiger partial charge >= 0.3 is 0 Å². The van der Waals surface area contributed by atoms with Crippen LogP contribution in [0.1, 0.15) is 11.3 Å². The molecular formula is C14H13ClN4. The Balaban J connectivity index is 1.87. The number of nitrogens with zero attached hydrogens (tertiary/aromatic N) is 4. The predicted molar refractivity (Wildman–Crippen MR) is 75.2 cm³/mol. The van der Waals surface area contributed by atoms with Crippen LogP contribution in [0.4, 0.5) is 0 Å². The molecule has 1 aromatic carbocycles. The van der Waals surface area contributed by atoms with Crippen molar-refractivity contribution >= 4 is 22.8 Å². The fourth-order valence-electron chi connectivity index (χ4n) is 2.10. The molecule has 0 aliphatic heterocycles. The second-order valence-electron chi connectivity index (χ2n) is 4.41. The molecule has 2 heterocycles. The van der Waals surface area contributed by atoms with Crippen LogP contribution in [0.5, 0.6) is 0 Å². The Kier molecular flexibility index (Phi) is 3.17. The normalized spacial score (nSPS) is 11.1. The number of imidazole rings is 1. The lowest BCUT2D eigenvalue weighted by molar-refractivity contribution is 0.709. The van der Waals surface area contributed by atoms with Gasteiger partial charge in [0.25, 0.3) is 0 Å². The molecule has 0 N–H and O–H groups in total. The highest BCUT2D eigenvalue weighted by atomic mass is 35.5. The van der Waals surface area contributed by atoms with E-state index in [9.17, 15) is 0 Å². The van der Waals surface area contributed by atoms with Gasteiger partial charge in [0.2, 0.25) is 0 Å². The summed E-state index contributed by atoms with van der Waals surface area (Å²) in [5.74, 6) is 0. The number of hydrogen-bond acceptors (Lipinski definition) is 3. The van der Waals surface area contributed by atoms with Crippen molar-refractivity contribution in [2.24, 2.45) is 0 Å². The van der Waals surface area contributed by atoms with E-state index in [1.165, 1.54) is 0 Å². The van der Waals surface area contributed by atoms with Crippen LogP contribution >= 0.6 is 11.6 Å². The summed E-state index contributed by atoms with van der Waals surface area (Å²) in [6.07, 6.45) is 4.24. The minimum Gasteiger partial charge on any atom is -0.315 e. The minimum atomic E-state index is 0.802. The maximum atomic E-state index is 6.16. The number of fused-ring (bicyclic) bond motifs is 1. The van der Waals surface area contributed by atoms with Gasteiger partial charge in [0.15, 0.2) is 5.65 Å². The smallest absolute Gasteiger partial charge is 0.163 e. The summed E-state index contributed by atoms with van der Waals surface area (Å²) >= 11 is 6.16. The van der Waals surface area contributed by atoms with Crippen molar-refractivity contribution in [1.82, 2.24) is 19.5 Å². The number of hydrogen-bond donors (Lipinski definition) is 0. The van der Waals surface area contributed by atoms with Crippen LogP contribution in [-0.4, -0.2) is 19.5 Å². The van der Waals surface area contributed by atoms with Crippen LogP contribution in [-0.2, 0) is 13.0 Å². The maximum Gasteiger partial charge on any atom is 0.163 e. The Morgan fingerprint density at radius 1 is 1.16 bits per heavy atom. The summed E-state index contributed by atoms with van der Waals surface area (Å²) in [5.41, 5.74) is 3.78. The van der Waals surface area contributed by atoms with Crippen molar-refractivity contribution in [3.63, 3.8) is 0 Å². The second-order valence-corrected chi connectivity index (χ2v) is 4.82. The largest absolute Gasteiger partial charge is 0.315 e. The number of aromatic nitrogens is 4. The molecule has 0 amide bonds. The molecule has 0 aliphatic carbocycles. The average Bonchev–Trinajstić information content (AvgIpc) is 2.83. The molecule has 0 fully saturated rings. The van der Waals surface area contributed by atoms with E-state index in [-0.39, 0.29) is 0 Å². The molecule has 19 heavy (non-hydrogen) atoms. The van der Waals surface area contributed by atoms with Gasteiger partial charge in [-0.05, 0) is 25.0 Å². The molecule has 0 saturated carbocycles. The molecule has 0 aliphatic rings. The number of rotatable bonds is 3. The highest BCUT2D eigenvalue weighted by molar-refractivity contribution is 6.31. The summed E-state index contributed by atoms with van der Waals surface area (Å²) in [7, 11) is 0. The summed E-state index contributed by atoms with van der Waals surface area (Å²) in [6.45, 7) is 2.74. The van der Waals surface area contributed by atoms with E-state index in [1.54, 1.807) is 6.33 Å². The Morgan fingerprint density at radius 2 is 2.00 bits per heavy atom. The van der Waals surface area contributed by atoms with E-state index >= 15 is 0 Å². The van der Waals surface area contributed by atoms with Gasteiger partial charge in [-0.2, -0.15) is 0 Å². The van der Waals surface area contributed by atoms with Crippen molar-refractivity contribution in [1.29, 1.82) is 0 Å². The van der Waals surface area contributed by atoms with Gasteiger partial charge in [-0.3, -0.25) is 0 Å². The third-order valence-electron chi connectivity index (χ3n) is 3.16. The monoisotopic (exact) mass is 272 g/mol. The van der Waals surface area contributed by atoms with Crippen LogP contribution < -0.4 is 0 Å². The topological polar surface area (TPSA) is 43.6 Å². The zero-order valence-corrected chi connectivity index (χ0v) is 11.3. The van der Waals surface area contributed by atoms with Gasteiger partial charge in [-0.15, -0.1) is 0 Å². The molecule has 0 unspecified atom stereocenters. The SMILES string of the molecule is Cc1ncnc2c1ncn2CCc1ccccc1Cl. The van der Waals surface area contributed by atoms with E-state index < -0.39 is 0 Å². The standard InChI is InChI=1S/C14H13ClN4/c1-10-13-14(17-8-16-10)19(9-18-13)7-6-11-4-2-3-5-12(11)15/h2-5,8-9H,6-7H2,1H3. The maximum absolute atomic E-state index is 6.16. The van der Waals surface area contributed by atoms with Crippen molar-refractivity contribution < 1.29 is 0 Å². The average molecular weight is 273 g/mol. The lowest BCUT2D eigenvalue weighted by Crippen LogP contribution is -2.01. The Bertz CT molecular complexity index is 720. The predicted octanol–water partition coefficient (Wildman–Crippen LogP) is 3.03. The number of benzene rings is 1. The summed E-state index contributed by atoms with van der Waals surface area (Å²) in [5, 5.41) is 0.803. The molecule has 3 aromatic rings. The van der Waals surface area contributed by atoms with Crippen LogP contribution in [0.15, 0.2) is 36.9 Å². The molecule has 96 valence electrons. The van der Waals surface area contributed by atoms with Crippen molar-refractivity contribution in [3.05, 3.63) is 53.2 Å². The van der Waals surface area contributed by atoms with E-state index in [0.29, 0.717) is 0 Å². The van der Waals surface area contributed by atoms with Gasteiger partial charge in [0, 0.05) is 11.6 Å². The minimum absolute atomic E-state index is 0.802. The number of aryl methyl sites for hydroxylation is 3. The quantitative estimate of drug-likeness (QED) is 0.736. The zero-order valence-electron chi connectivity index (χ0n) is 10.5. The highest BCUT2D eigenvalue weighted by Gasteiger charge is 2.07. The first-order chi connectivity index (χ1) is 9.25. The van der Waals surface area contributed by atoms with E-state index in [4.69, 9.17) is 11.6 Å². The summed E-state index contributed by atoms with van der Waals surface area (Å²) in [4.78, 5) is 12.8. The molecule has 3 rings (SSSR count). The van der Waals surface area contributed by atoms with Crippen LogP contribution in [0, 0.1) is 6.92 Å². The molecule has 0 atom stereocenters. The van der Waals surface area contributed by atoms with Crippen molar-refractivity contribution in [2.75, 3.05) is 0 Å². The van der Waals surface area contributed by atoms with E-state index in [2.05, 4.69) is 15.0 Å². The van der Waals surface area contributed by atoms with Gasteiger partial charge < -0.3 is 4.57 Å². The van der Waals surface area contributed by atoms with Gasteiger partial charge in [-0.1, -0.05) is 29.8 Å². The Hall–Kier alpha value is -1.94. The lowest BCUT2D eigenvalue weighted by atomic mass is 10.1. The first kappa shape index (κ1) is 12.1. The van der Waals surface area contributed by atoms with Gasteiger partial charge in [-0.25, -0.2) is 15.0 Å². The van der Waals surface area contributed by atoms with E-state index in [0.717, 1.165) is 40.4 Å². The van der Waals surface area contributed by atoms with Crippen LogP contribution in [0.2, 0.25) is 5.02 Å². The molecule has 4 nitrogen and oxygen atoms in total. The third-order valence-corrected chi connectivity index (χ3v) is 3.53. The van der Waals surface area contributed by atoms with Crippen molar-refractivity contribution in [3.8, 4) is 0 Å². The van der Waals surface area contributed by atoms with Gasteiger partial charge in [0.05, 0.1) is 12.0 Å². The molecule has 0 radical (unpaired) electrons. The van der Waals surface area contributed by atoms with Crippen LogP contribution in [0.25, 0.3) is 11.2 Å². The molecule has 0 spiro atoms.